The van der Waals surface area contributed by atoms with Crippen LogP contribution in [0.1, 0.15) is 11.1 Å². The third-order valence-electron chi connectivity index (χ3n) is 1.59. The highest BCUT2D eigenvalue weighted by Crippen LogP contribution is 2.33. The molecule has 1 nitrogen and oxygen atoms in total. The van der Waals surface area contributed by atoms with Gasteiger partial charge >= 0.3 is 6.18 Å². The van der Waals surface area contributed by atoms with Crippen molar-refractivity contribution in [3.8, 4) is 5.75 Å². The molecule has 0 radical (unpaired) electrons. The smallest absolute Gasteiger partial charge is 0.416 e. The average Bonchev–Trinajstić information content (AvgIpc) is 1.92. The predicted octanol–water partition coefficient (Wildman–Crippen LogP) is 2.09. The summed E-state index contributed by atoms with van der Waals surface area (Å²) < 4.78 is 36.3. The van der Waals surface area contributed by atoms with E-state index in [1.807, 2.05) is 0 Å². The van der Waals surface area contributed by atoms with E-state index in [2.05, 4.69) is 0 Å². The highest BCUT2D eigenvalue weighted by molar-refractivity contribution is 5.38. The van der Waals surface area contributed by atoms with E-state index in [9.17, 15) is 18.3 Å². The second-order valence-corrected chi connectivity index (χ2v) is 2.43. The lowest BCUT2D eigenvalue weighted by Gasteiger charge is -2.15. The zero-order valence-corrected chi connectivity index (χ0v) is 6.27. The first-order valence-corrected chi connectivity index (χ1v) is 3.27. The molecule has 0 N–H and O–H groups in total. The van der Waals surface area contributed by atoms with E-state index in [0.29, 0.717) is 0 Å². The molecule has 0 atom stereocenters. The zero-order chi connectivity index (χ0) is 9.35. The van der Waals surface area contributed by atoms with Gasteiger partial charge in [0.2, 0.25) is 0 Å². The van der Waals surface area contributed by atoms with Crippen molar-refractivity contribution in [3.63, 3.8) is 0 Å². The fraction of sp³-hybridized carbons (Fsp3) is 0.250. The largest absolute Gasteiger partial charge is 0.872 e. The van der Waals surface area contributed by atoms with Crippen LogP contribution in [0.25, 0.3) is 0 Å². The van der Waals surface area contributed by atoms with E-state index in [-0.39, 0.29) is 5.56 Å². The Morgan fingerprint density at radius 1 is 1.25 bits per heavy atom. The van der Waals surface area contributed by atoms with Gasteiger partial charge < -0.3 is 5.11 Å². The van der Waals surface area contributed by atoms with Gasteiger partial charge in [-0.3, -0.25) is 0 Å². The summed E-state index contributed by atoms with van der Waals surface area (Å²) in [6.07, 6.45) is -4.43. The Bertz CT molecular complexity index is 291. The van der Waals surface area contributed by atoms with Crippen molar-refractivity contribution in [3.05, 3.63) is 29.3 Å². The standard InChI is InChI=1S/C8H7F3O/c1-5-6(8(9,10)11)3-2-4-7(5)12/h2-4,12H,1H3/p-1. The summed E-state index contributed by atoms with van der Waals surface area (Å²) in [5.74, 6) is -0.579. The zero-order valence-electron chi connectivity index (χ0n) is 6.27. The fourth-order valence-electron chi connectivity index (χ4n) is 0.922. The molecule has 0 bridgehead atoms. The molecule has 0 saturated carbocycles. The summed E-state index contributed by atoms with van der Waals surface area (Å²) >= 11 is 0. The van der Waals surface area contributed by atoms with E-state index in [1.165, 1.54) is 6.92 Å². The van der Waals surface area contributed by atoms with Crippen LogP contribution < -0.4 is 5.11 Å². The molecule has 0 spiro atoms. The number of rotatable bonds is 0. The van der Waals surface area contributed by atoms with Crippen LogP contribution in [-0.2, 0) is 6.18 Å². The van der Waals surface area contributed by atoms with Crippen LogP contribution >= 0.6 is 0 Å². The van der Waals surface area contributed by atoms with Crippen LogP contribution in [0.4, 0.5) is 13.2 Å². The molecule has 0 fully saturated rings. The van der Waals surface area contributed by atoms with Crippen molar-refractivity contribution >= 4 is 0 Å². The van der Waals surface area contributed by atoms with Gasteiger partial charge in [0, 0.05) is 0 Å². The van der Waals surface area contributed by atoms with Gasteiger partial charge in [-0.2, -0.15) is 13.2 Å². The van der Waals surface area contributed by atoms with E-state index in [4.69, 9.17) is 0 Å². The van der Waals surface area contributed by atoms with Crippen LogP contribution in [0.15, 0.2) is 18.2 Å². The fourth-order valence-corrected chi connectivity index (χ4v) is 0.922. The molecule has 66 valence electrons. The quantitative estimate of drug-likeness (QED) is 0.592. The molecule has 0 saturated heterocycles. The van der Waals surface area contributed by atoms with Gasteiger partial charge in [-0.15, -0.1) is 5.75 Å². The van der Waals surface area contributed by atoms with Crippen molar-refractivity contribution in [1.82, 2.24) is 0 Å². The van der Waals surface area contributed by atoms with Gasteiger partial charge in [0.05, 0.1) is 5.56 Å². The molecule has 0 aliphatic heterocycles. The molecule has 0 aliphatic rings. The number of halogens is 3. The molecular formula is C8H6F3O-. The van der Waals surface area contributed by atoms with Gasteiger partial charge in [-0.1, -0.05) is 12.1 Å². The minimum absolute atomic E-state index is 0.245. The molecule has 0 amide bonds. The second kappa shape index (κ2) is 2.69. The second-order valence-electron chi connectivity index (χ2n) is 2.43. The molecule has 0 aliphatic carbocycles. The normalized spacial score (nSPS) is 11.7. The highest BCUT2D eigenvalue weighted by atomic mass is 19.4. The van der Waals surface area contributed by atoms with E-state index >= 15 is 0 Å². The van der Waals surface area contributed by atoms with Gasteiger partial charge in [0.25, 0.3) is 0 Å². The first kappa shape index (κ1) is 8.90. The Morgan fingerprint density at radius 3 is 2.25 bits per heavy atom. The Hall–Kier alpha value is -1.19. The first-order chi connectivity index (χ1) is 5.43. The highest BCUT2D eigenvalue weighted by Gasteiger charge is 2.31. The third-order valence-corrected chi connectivity index (χ3v) is 1.59. The summed E-state index contributed by atoms with van der Waals surface area (Å²) in [7, 11) is 0. The molecule has 1 aromatic carbocycles. The van der Waals surface area contributed by atoms with Crippen molar-refractivity contribution < 1.29 is 18.3 Å². The minimum atomic E-state index is -4.43. The Morgan fingerprint density at radius 2 is 1.83 bits per heavy atom. The molecule has 1 aromatic rings. The van der Waals surface area contributed by atoms with Crippen LogP contribution in [0.2, 0.25) is 0 Å². The summed E-state index contributed by atoms with van der Waals surface area (Å²) in [4.78, 5) is 0. The minimum Gasteiger partial charge on any atom is -0.872 e. The van der Waals surface area contributed by atoms with Gasteiger partial charge in [0.15, 0.2) is 0 Å². The molecule has 12 heavy (non-hydrogen) atoms. The summed E-state index contributed by atoms with van der Waals surface area (Å²) in [6, 6.07) is 3.12. The lowest BCUT2D eigenvalue weighted by atomic mass is 10.1. The summed E-state index contributed by atoms with van der Waals surface area (Å²) in [6.45, 7) is 1.17. The van der Waals surface area contributed by atoms with Gasteiger partial charge in [-0.25, -0.2) is 0 Å². The van der Waals surface area contributed by atoms with E-state index in [1.54, 1.807) is 0 Å². The monoisotopic (exact) mass is 175 g/mol. The molecule has 0 aromatic heterocycles. The molecule has 0 unspecified atom stereocenters. The van der Waals surface area contributed by atoms with E-state index < -0.39 is 17.5 Å². The maximum absolute atomic E-state index is 12.1. The first-order valence-electron chi connectivity index (χ1n) is 3.27. The van der Waals surface area contributed by atoms with Crippen LogP contribution in [0.5, 0.6) is 5.75 Å². The Labute approximate surface area is 67.5 Å². The van der Waals surface area contributed by atoms with Crippen molar-refractivity contribution in [2.24, 2.45) is 0 Å². The summed E-state index contributed by atoms with van der Waals surface area (Å²) in [5, 5.41) is 10.8. The van der Waals surface area contributed by atoms with Crippen molar-refractivity contribution in [2.45, 2.75) is 13.1 Å². The SMILES string of the molecule is Cc1c([O-])cccc1C(F)(F)F. The van der Waals surface area contributed by atoms with Gasteiger partial charge in [-0.05, 0) is 18.6 Å². The topological polar surface area (TPSA) is 23.1 Å². The molecule has 4 heteroatoms. The van der Waals surface area contributed by atoms with Gasteiger partial charge in [0.1, 0.15) is 0 Å². The molecular weight excluding hydrogens is 169 g/mol. The Kier molecular flexibility index (Phi) is 2.00. The van der Waals surface area contributed by atoms with Crippen molar-refractivity contribution in [1.29, 1.82) is 0 Å². The maximum atomic E-state index is 12.1. The number of alkyl halides is 3. The maximum Gasteiger partial charge on any atom is 0.416 e. The number of hydrogen-bond acceptors (Lipinski definition) is 1. The van der Waals surface area contributed by atoms with E-state index in [0.717, 1.165) is 18.2 Å². The number of hydrogen-bond donors (Lipinski definition) is 0. The van der Waals surface area contributed by atoms with Crippen molar-refractivity contribution in [2.75, 3.05) is 0 Å². The molecule has 1 rings (SSSR count). The average molecular weight is 175 g/mol. The summed E-state index contributed by atoms with van der Waals surface area (Å²) in [5.41, 5.74) is -1.10. The van der Waals surface area contributed by atoms with Crippen LogP contribution in [0, 0.1) is 6.92 Å². The third kappa shape index (κ3) is 1.52. The molecule has 0 heterocycles. The number of benzene rings is 1. The lowest BCUT2D eigenvalue weighted by Crippen LogP contribution is -2.09. The Balaban J connectivity index is 3.26. The predicted molar refractivity (Wildman–Crippen MR) is 35.6 cm³/mol. The van der Waals surface area contributed by atoms with Crippen LogP contribution in [0.3, 0.4) is 0 Å². The lowest BCUT2D eigenvalue weighted by molar-refractivity contribution is -0.269. The van der Waals surface area contributed by atoms with Crippen LogP contribution in [-0.4, -0.2) is 0 Å².